The standard InChI is InChI=1S/C24H32ClNO2/c1-18-9-8-10-19(13-18)17-28-24-15-22(25)20(14-23(24)27-2)16-26-21-11-6-4-3-5-7-12-21/h8-10,13-15,21,26H,3-7,11-12,16-17H2,1-2H3. The largest absolute Gasteiger partial charge is 0.493 e. The Labute approximate surface area is 174 Å². The van der Waals surface area contributed by atoms with Crippen LogP contribution in [-0.2, 0) is 13.2 Å². The van der Waals surface area contributed by atoms with Gasteiger partial charge in [-0.3, -0.25) is 0 Å². The van der Waals surface area contributed by atoms with Crippen molar-refractivity contribution in [2.45, 2.75) is 71.1 Å². The summed E-state index contributed by atoms with van der Waals surface area (Å²) >= 11 is 6.57. The summed E-state index contributed by atoms with van der Waals surface area (Å²) < 4.78 is 11.6. The number of hydrogen-bond acceptors (Lipinski definition) is 3. The minimum atomic E-state index is 0.494. The van der Waals surface area contributed by atoms with Crippen LogP contribution < -0.4 is 14.8 Å². The first-order valence-corrected chi connectivity index (χ1v) is 10.8. The van der Waals surface area contributed by atoms with Crippen molar-refractivity contribution in [3.05, 3.63) is 58.1 Å². The molecule has 2 aromatic carbocycles. The lowest BCUT2D eigenvalue weighted by atomic mass is 9.96. The molecular formula is C24H32ClNO2. The van der Waals surface area contributed by atoms with Gasteiger partial charge in [0.1, 0.15) is 6.61 Å². The van der Waals surface area contributed by atoms with E-state index in [9.17, 15) is 0 Å². The zero-order valence-electron chi connectivity index (χ0n) is 17.1. The molecule has 0 heterocycles. The number of hydrogen-bond donors (Lipinski definition) is 1. The first kappa shape index (κ1) is 21.0. The summed E-state index contributed by atoms with van der Waals surface area (Å²) in [6.45, 7) is 3.34. The molecule has 2 aromatic rings. The summed E-state index contributed by atoms with van der Waals surface area (Å²) in [4.78, 5) is 0. The van der Waals surface area contributed by atoms with Crippen molar-refractivity contribution in [1.82, 2.24) is 5.32 Å². The lowest BCUT2D eigenvalue weighted by molar-refractivity contribution is 0.284. The molecular weight excluding hydrogens is 370 g/mol. The van der Waals surface area contributed by atoms with Crippen LogP contribution in [0.15, 0.2) is 36.4 Å². The van der Waals surface area contributed by atoms with E-state index in [1.807, 2.05) is 18.2 Å². The van der Waals surface area contributed by atoms with E-state index < -0.39 is 0 Å². The maximum atomic E-state index is 6.57. The Morgan fingerprint density at radius 2 is 1.75 bits per heavy atom. The van der Waals surface area contributed by atoms with Gasteiger partial charge in [-0.25, -0.2) is 0 Å². The highest BCUT2D eigenvalue weighted by molar-refractivity contribution is 6.31. The van der Waals surface area contributed by atoms with Crippen LogP contribution in [0.4, 0.5) is 0 Å². The van der Waals surface area contributed by atoms with E-state index in [-0.39, 0.29) is 0 Å². The molecule has 0 amide bonds. The van der Waals surface area contributed by atoms with Gasteiger partial charge in [-0.05, 0) is 37.0 Å². The molecule has 0 saturated heterocycles. The van der Waals surface area contributed by atoms with Gasteiger partial charge in [0.2, 0.25) is 0 Å². The number of rotatable bonds is 7. The monoisotopic (exact) mass is 401 g/mol. The Balaban J connectivity index is 1.63. The smallest absolute Gasteiger partial charge is 0.163 e. The SMILES string of the molecule is COc1cc(CNC2CCCCCCC2)c(Cl)cc1OCc1cccc(C)c1. The fourth-order valence-electron chi connectivity index (χ4n) is 3.86. The molecule has 0 aliphatic heterocycles. The van der Waals surface area contributed by atoms with Gasteiger partial charge >= 0.3 is 0 Å². The predicted molar refractivity (Wildman–Crippen MR) is 116 cm³/mol. The van der Waals surface area contributed by atoms with E-state index in [0.29, 0.717) is 18.4 Å². The van der Waals surface area contributed by atoms with Gasteiger partial charge in [0.15, 0.2) is 11.5 Å². The van der Waals surface area contributed by atoms with Crippen molar-refractivity contribution in [2.75, 3.05) is 7.11 Å². The van der Waals surface area contributed by atoms with Crippen molar-refractivity contribution >= 4 is 11.6 Å². The average Bonchev–Trinajstić information content (AvgIpc) is 2.66. The van der Waals surface area contributed by atoms with Gasteiger partial charge in [-0.1, -0.05) is 73.5 Å². The third-order valence-corrected chi connectivity index (χ3v) is 5.85. The molecule has 3 nitrogen and oxygen atoms in total. The summed E-state index contributed by atoms with van der Waals surface area (Å²) in [6, 6.07) is 12.8. The van der Waals surface area contributed by atoms with Crippen LogP contribution in [0.1, 0.15) is 61.6 Å². The van der Waals surface area contributed by atoms with Crippen LogP contribution in [0.25, 0.3) is 0 Å². The van der Waals surface area contributed by atoms with E-state index in [0.717, 1.165) is 28.4 Å². The molecule has 3 rings (SSSR count). The fourth-order valence-corrected chi connectivity index (χ4v) is 4.08. The summed E-state index contributed by atoms with van der Waals surface area (Å²) in [5.74, 6) is 1.41. The minimum absolute atomic E-state index is 0.494. The Bertz CT molecular complexity index is 754. The van der Waals surface area contributed by atoms with Crippen LogP contribution in [0, 0.1) is 6.92 Å². The lowest BCUT2D eigenvalue weighted by Crippen LogP contribution is -2.29. The van der Waals surface area contributed by atoms with Gasteiger partial charge in [0.05, 0.1) is 7.11 Å². The van der Waals surface area contributed by atoms with Gasteiger partial charge < -0.3 is 14.8 Å². The molecule has 1 fully saturated rings. The third kappa shape index (κ3) is 6.15. The van der Waals surface area contributed by atoms with E-state index in [4.69, 9.17) is 21.1 Å². The normalized spacial score (nSPS) is 15.7. The highest BCUT2D eigenvalue weighted by Crippen LogP contribution is 2.34. The van der Waals surface area contributed by atoms with Gasteiger partial charge in [-0.2, -0.15) is 0 Å². The summed E-state index contributed by atoms with van der Waals surface area (Å²) in [7, 11) is 1.68. The predicted octanol–water partition coefficient (Wildman–Crippen LogP) is 6.44. The molecule has 0 spiro atoms. The van der Waals surface area contributed by atoms with Crippen LogP contribution in [0.3, 0.4) is 0 Å². The van der Waals surface area contributed by atoms with Gasteiger partial charge in [-0.15, -0.1) is 0 Å². The highest BCUT2D eigenvalue weighted by Gasteiger charge is 2.14. The third-order valence-electron chi connectivity index (χ3n) is 5.50. The first-order chi connectivity index (χ1) is 13.7. The van der Waals surface area contributed by atoms with Crippen LogP contribution in [0.5, 0.6) is 11.5 Å². The van der Waals surface area contributed by atoms with Crippen LogP contribution in [-0.4, -0.2) is 13.2 Å². The zero-order valence-corrected chi connectivity index (χ0v) is 17.9. The fraction of sp³-hybridized carbons (Fsp3) is 0.500. The topological polar surface area (TPSA) is 30.5 Å². The van der Waals surface area contributed by atoms with Crippen molar-refractivity contribution < 1.29 is 9.47 Å². The molecule has 0 bridgehead atoms. The van der Waals surface area contributed by atoms with Crippen molar-refractivity contribution in [2.24, 2.45) is 0 Å². The number of nitrogens with one attached hydrogen (secondary N) is 1. The second kappa shape index (κ2) is 10.7. The number of methoxy groups -OCH3 is 1. The van der Waals surface area contributed by atoms with Crippen LogP contribution in [0.2, 0.25) is 5.02 Å². The molecule has 152 valence electrons. The van der Waals surface area contributed by atoms with Gasteiger partial charge in [0.25, 0.3) is 0 Å². The second-order valence-corrected chi connectivity index (χ2v) is 8.20. The van der Waals surface area contributed by atoms with Crippen LogP contribution >= 0.6 is 11.6 Å². The quantitative estimate of drug-likeness (QED) is 0.579. The highest BCUT2D eigenvalue weighted by atomic mass is 35.5. The number of benzene rings is 2. The molecule has 0 atom stereocenters. The molecule has 28 heavy (non-hydrogen) atoms. The second-order valence-electron chi connectivity index (χ2n) is 7.80. The van der Waals surface area contributed by atoms with Crippen molar-refractivity contribution in [1.29, 1.82) is 0 Å². The van der Waals surface area contributed by atoms with E-state index >= 15 is 0 Å². The molecule has 0 unspecified atom stereocenters. The Morgan fingerprint density at radius 3 is 2.46 bits per heavy atom. The minimum Gasteiger partial charge on any atom is -0.493 e. The lowest BCUT2D eigenvalue weighted by Gasteiger charge is -2.22. The van der Waals surface area contributed by atoms with E-state index in [1.165, 1.54) is 50.5 Å². The number of halogens is 1. The Hall–Kier alpha value is -1.71. The summed E-state index contributed by atoms with van der Waals surface area (Å²) in [5.41, 5.74) is 3.42. The zero-order chi connectivity index (χ0) is 19.8. The first-order valence-electron chi connectivity index (χ1n) is 10.4. The van der Waals surface area contributed by atoms with Crippen molar-refractivity contribution in [3.63, 3.8) is 0 Å². The molecule has 4 heteroatoms. The van der Waals surface area contributed by atoms with Gasteiger partial charge in [0, 0.05) is 23.7 Å². The van der Waals surface area contributed by atoms with E-state index in [1.54, 1.807) is 7.11 Å². The average molecular weight is 402 g/mol. The maximum absolute atomic E-state index is 6.57. The number of aryl methyl sites for hydroxylation is 1. The summed E-state index contributed by atoms with van der Waals surface area (Å²) in [5, 5.41) is 4.42. The molecule has 0 radical (unpaired) electrons. The molecule has 0 aromatic heterocycles. The molecule has 1 saturated carbocycles. The van der Waals surface area contributed by atoms with E-state index in [2.05, 4.69) is 30.4 Å². The molecule has 1 N–H and O–H groups in total. The Morgan fingerprint density at radius 1 is 1.00 bits per heavy atom. The maximum Gasteiger partial charge on any atom is 0.163 e. The molecule has 1 aliphatic carbocycles. The molecule has 1 aliphatic rings. The van der Waals surface area contributed by atoms with Crippen molar-refractivity contribution in [3.8, 4) is 11.5 Å². The number of ether oxygens (including phenoxy) is 2. The Kier molecular flexibility index (Phi) is 8.05. The summed E-state index contributed by atoms with van der Waals surface area (Å²) in [6.07, 6.45) is 9.26.